The number of hydrogen-bond donors (Lipinski definition) is 2. The molecule has 0 saturated carbocycles. The first kappa shape index (κ1) is 15.2. The van der Waals surface area contributed by atoms with Crippen LogP contribution >= 0.6 is 0 Å². The zero-order valence-electron chi connectivity index (χ0n) is 11.9. The predicted molar refractivity (Wildman–Crippen MR) is 77.1 cm³/mol. The lowest BCUT2D eigenvalue weighted by Crippen LogP contribution is -2.46. The topological polar surface area (TPSA) is 61.4 Å². The molecule has 2 rings (SSSR count). The van der Waals surface area contributed by atoms with E-state index in [1.165, 1.54) is 0 Å². The van der Waals surface area contributed by atoms with Crippen molar-refractivity contribution in [2.24, 2.45) is 11.8 Å². The molecule has 6 heteroatoms. The Morgan fingerprint density at radius 3 is 2.53 bits per heavy atom. The Labute approximate surface area is 117 Å². The standard InChI is InChI=1S/C13H27N3O2S/c1-12-6-7-14-10-13(12)11-15-19(17,18)16-8-4-2-3-5-9-16/h12-15H,2-11H2,1H3. The Hall–Kier alpha value is -0.170. The van der Waals surface area contributed by atoms with E-state index in [0.717, 1.165) is 45.2 Å². The van der Waals surface area contributed by atoms with E-state index in [9.17, 15) is 8.42 Å². The predicted octanol–water partition coefficient (Wildman–Crippen LogP) is 0.942. The van der Waals surface area contributed by atoms with Gasteiger partial charge in [0, 0.05) is 19.6 Å². The molecule has 2 aliphatic rings. The van der Waals surface area contributed by atoms with Gasteiger partial charge in [-0.15, -0.1) is 0 Å². The van der Waals surface area contributed by atoms with E-state index in [1.54, 1.807) is 4.31 Å². The second-order valence-electron chi connectivity index (χ2n) is 5.90. The summed E-state index contributed by atoms with van der Waals surface area (Å²) in [6.07, 6.45) is 5.41. The van der Waals surface area contributed by atoms with Gasteiger partial charge in [0.05, 0.1) is 0 Å². The normalized spacial score (nSPS) is 31.0. The molecule has 2 saturated heterocycles. The molecule has 0 aliphatic carbocycles. The van der Waals surface area contributed by atoms with Crippen LogP contribution in [0.1, 0.15) is 39.0 Å². The quantitative estimate of drug-likeness (QED) is 0.810. The van der Waals surface area contributed by atoms with Crippen LogP contribution in [0.15, 0.2) is 0 Å². The molecule has 2 aliphatic heterocycles. The van der Waals surface area contributed by atoms with E-state index >= 15 is 0 Å². The van der Waals surface area contributed by atoms with Crippen LogP contribution in [-0.2, 0) is 10.2 Å². The Bertz CT molecular complexity index is 364. The molecule has 2 N–H and O–H groups in total. The highest BCUT2D eigenvalue weighted by Crippen LogP contribution is 2.18. The Morgan fingerprint density at radius 1 is 1.21 bits per heavy atom. The third-order valence-electron chi connectivity index (χ3n) is 4.42. The smallest absolute Gasteiger partial charge is 0.279 e. The van der Waals surface area contributed by atoms with Crippen LogP contribution in [0.2, 0.25) is 0 Å². The number of nitrogens with zero attached hydrogens (tertiary/aromatic N) is 1. The van der Waals surface area contributed by atoms with Crippen molar-refractivity contribution >= 4 is 10.2 Å². The fraction of sp³-hybridized carbons (Fsp3) is 1.00. The molecule has 0 aromatic rings. The molecular weight excluding hydrogens is 262 g/mol. The zero-order valence-corrected chi connectivity index (χ0v) is 12.7. The second-order valence-corrected chi connectivity index (χ2v) is 7.65. The SMILES string of the molecule is CC1CCNCC1CNS(=O)(=O)N1CCCCCC1. The van der Waals surface area contributed by atoms with Crippen molar-refractivity contribution in [2.75, 3.05) is 32.7 Å². The molecule has 0 aromatic heterocycles. The first-order chi connectivity index (χ1) is 9.09. The van der Waals surface area contributed by atoms with Crippen molar-refractivity contribution in [3.63, 3.8) is 0 Å². The summed E-state index contributed by atoms with van der Waals surface area (Å²) in [6.45, 7) is 6.10. The lowest BCUT2D eigenvalue weighted by atomic mass is 9.88. The highest BCUT2D eigenvalue weighted by atomic mass is 32.2. The fourth-order valence-electron chi connectivity index (χ4n) is 2.91. The lowest BCUT2D eigenvalue weighted by Gasteiger charge is -2.30. The van der Waals surface area contributed by atoms with Crippen molar-refractivity contribution in [3.05, 3.63) is 0 Å². The zero-order chi connectivity index (χ0) is 13.7. The van der Waals surface area contributed by atoms with E-state index in [2.05, 4.69) is 17.0 Å². The average Bonchev–Trinajstić information content (AvgIpc) is 2.67. The van der Waals surface area contributed by atoms with E-state index in [1.807, 2.05) is 0 Å². The first-order valence-electron chi connectivity index (χ1n) is 7.55. The highest BCUT2D eigenvalue weighted by molar-refractivity contribution is 7.87. The lowest BCUT2D eigenvalue weighted by molar-refractivity contribution is 0.273. The third kappa shape index (κ3) is 4.41. The van der Waals surface area contributed by atoms with Crippen molar-refractivity contribution in [3.8, 4) is 0 Å². The van der Waals surface area contributed by atoms with Gasteiger partial charge in [0.25, 0.3) is 10.2 Å². The first-order valence-corrected chi connectivity index (χ1v) is 8.99. The second kappa shape index (κ2) is 7.02. The molecule has 0 bridgehead atoms. The van der Waals surface area contributed by atoms with Crippen molar-refractivity contribution < 1.29 is 8.42 Å². The van der Waals surface area contributed by atoms with Gasteiger partial charge in [0.15, 0.2) is 0 Å². The van der Waals surface area contributed by atoms with Gasteiger partial charge in [-0.2, -0.15) is 12.7 Å². The van der Waals surface area contributed by atoms with Gasteiger partial charge >= 0.3 is 0 Å². The molecule has 0 spiro atoms. The minimum atomic E-state index is -3.27. The highest BCUT2D eigenvalue weighted by Gasteiger charge is 2.26. The Kier molecular flexibility index (Phi) is 5.62. The van der Waals surface area contributed by atoms with Crippen molar-refractivity contribution in [1.29, 1.82) is 0 Å². The number of nitrogens with one attached hydrogen (secondary N) is 2. The molecular formula is C13H27N3O2S. The molecule has 2 heterocycles. The summed E-state index contributed by atoms with van der Waals surface area (Å²) in [4.78, 5) is 0. The maximum Gasteiger partial charge on any atom is 0.279 e. The molecule has 0 aromatic carbocycles. The maximum atomic E-state index is 12.3. The summed E-state index contributed by atoms with van der Waals surface area (Å²) >= 11 is 0. The molecule has 0 radical (unpaired) electrons. The monoisotopic (exact) mass is 289 g/mol. The van der Waals surface area contributed by atoms with Crippen LogP contribution in [0.5, 0.6) is 0 Å². The molecule has 2 fully saturated rings. The van der Waals surface area contributed by atoms with Gasteiger partial charge in [-0.05, 0) is 44.2 Å². The summed E-state index contributed by atoms with van der Waals surface area (Å²) in [5, 5.41) is 3.34. The largest absolute Gasteiger partial charge is 0.316 e. The minimum absolute atomic E-state index is 0.413. The van der Waals surface area contributed by atoms with E-state index in [4.69, 9.17) is 0 Å². The average molecular weight is 289 g/mol. The van der Waals surface area contributed by atoms with Gasteiger partial charge in [-0.3, -0.25) is 0 Å². The molecule has 112 valence electrons. The number of hydrogen-bond acceptors (Lipinski definition) is 3. The van der Waals surface area contributed by atoms with Crippen molar-refractivity contribution in [2.45, 2.75) is 39.0 Å². The van der Waals surface area contributed by atoms with Gasteiger partial charge in [0.2, 0.25) is 0 Å². The van der Waals surface area contributed by atoms with E-state index in [-0.39, 0.29) is 0 Å². The van der Waals surface area contributed by atoms with Gasteiger partial charge < -0.3 is 5.32 Å². The van der Waals surface area contributed by atoms with E-state index < -0.39 is 10.2 Å². The van der Waals surface area contributed by atoms with Gasteiger partial charge in [-0.25, -0.2) is 4.72 Å². The number of piperidine rings is 1. The third-order valence-corrected chi connectivity index (χ3v) is 6.00. The van der Waals surface area contributed by atoms with Crippen LogP contribution in [0.4, 0.5) is 0 Å². The maximum absolute atomic E-state index is 12.3. The van der Waals surface area contributed by atoms with Crippen LogP contribution in [-0.4, -0.2) is 45.4 Å². The Morgan fingerprint density at radius 2 is 1.89 bits per heavy atom. The van der Waals surface area contributed by atoms with E-state index in [0.29, 0.717) is 31.5 Å². The fourth-order valence-corrected chi connectivity index (χ4v) is 4.26. The molecule has 5 nitrogen and oxygen atoms in total. The van der Waals surface area contributed by atoms with Gasteiger partial charge in [0.1, 0.15) is 0 Å². The van der Waals surface area contributed by atoms with Crippen LogP contribution in [0.3, 0.4) is 0 Å². The molecule has 0 amide bonds. The van der Waals surface area contributed by atoms with Gasteiger partial charge in [-0.1, -0.05) is 19.8 Å². The van der Waals surface area contributed by atoms with Crippen LogP contribution in [0.25, 0.3) is 0 Å². The summed E-state index contributed by atoms with van der Waals surface area (Å²) in [6, 6.07) is 0. The van der Waals surface area contributed by atoms with Crippen molar-refractivity contribution in [1.82, 2.24) is 14.3 Å². The molecule has 2 unspecified atom stereocenters. The van der Waals surface area contributed by atoms with Crippen LogP contribution < -0.4 is 10.0 Å². The molecule has 2 atom stereocenters. The summed E-state index contributed by atoms with van der Waals surface area (Å²) in [5.74, 6) is 1.00. The minimum Gasteiger partial charge on any atom is -0.316 e. The van der Waals surface area contributed by atoms with Crippen LogP contribution in [0, 0.1) is 11.8 Å². The summed E-state index contributed by atoms with van der Waals surface area (Å²) in [5.41, 5.74) is 0. The summed E-state index contributed by atoms with van der Waals surface area (Å²) < 4.78 is 29.0. The summed E-state index contributed by atoms with van der Waals surface area (Å²) in [7, 11) is -3.27. The number of rotatable bonds is 4. The molecule has 19 heavy (non-hydrogen) atoms. The Balaban J connectivity index is 1.85.